The Morgan fingerprint density at radius 1 is 1.35 bits per heavy atom. The van der Waals surface area contributed by atoms with Crippen LogP contribution in [0.25, 0.3) is 0 Å². The number of benzene rings is 1. The van der Waals surface area contributed by atoms with E-state index in [9.17, 15) is 0 Å². The van der Waals surface area contributed by atoms with E-state index < -0.39 is 0 Å². The highest BCUT2D eigenvalue weighted by Crippen LogP contribution is 2.34. The Kier molecular flexibility index (Phi) is 5.74. The molecule has 1 atom stereocenters. The third kappa shape index (κ3) is 4.13. The van der Waals surface area contributed by atoms with Crippen molar-refractivity contribution in [3.63, 3.8) is 0 Å². The SMILES string of the molecule is CCCNC(C)c1ccc(N(CC)CC2CC2)c(Cl)c1. The van der Waals surface area contributed by atoms with Crippen molar-refractivity contribution in [3.05, 3.63) is 28.8 Å². The number of halogens is 1. The summed E-state index contributed by atoms with van der Waals surface area (Å²) in [4.78, 5) is 2.41. The Balaban J connectivity index is 2.07. The molecule has 112 valence electrons. The highest BCUT2D eigenvalue weighted by Gasteiger charge is 2.24. The van der Waals surface area contributed by atoms with Crippen LogP contribution in [0.15, 0.2) is 18.2 Å². The summed E-state index contributed by atoms with van der Waals surface area (Å²) in [6.07, 6.45) is 3.91. The third-order valence-corrected chi connectivity index (χ3v) is 4.37. The smallest absolute Gasteiger partial charge is 0.0642 e. The summed E-state index contributed by atoms with van der Waals surface area (Å²) in [6.45, 7) is 9.81. The van der Waals surface area contributed by atoms with Gasteiger partial charge in [-0.2, -0.15) is 0 Å². The van der Waals surface area contributed by atoms with Crippen LogP contribution in [0.4, 0.5) is 5.69 Å². The van der Waals surface area contributed by atoms with Crippen molar-refractivity contribution in [2.45, 2.75) is 46.1 Å². The molecule has 1 saturated carbocycles. The van der Waals surface area contributed by atoms with Crippen molar-refractivity contribution in [2.24, 2.45) is 5.92 Å². The molecule has 1 aliphatic rings. The largest absolute Gasteiger partial charge is 0.370 e. The molecule has 1 fully saturated rings. The van der Waals surface area contributed by atoms with Crippen LogP contribution in [-0.2, 0) is 0 Å². The van der Waals surface area contributed by atoms with Crippen molar-refractivity contribution < 1.29 is 0 Å². The van der Waals surface area contributed by atoms with E-state index in [4.69, 9.17) is 11.6 Å². The summed E-state index contributed by atoms with van der Waals surface area (Å²) >= 11 is 6.52. The normalized spacial score (nSPS) is 16.2. The zero-order chi connectivity index (χ0) is 14.5. The summed E-state index contributed by atoms with van der Waals surface area (Å²) in [6, 6.07) is 6.89. The minimum absolute atomic E-state index is 0.361. The van der Waals surface area contributed by atoms with Crippen molar-refractivity contribution in [1.82, 2.24) is 5.32 Å². The molecule has 0 heterocycles. The van der Waals surface area contributed by atoms with Crippen LogP contribution in [-0.4, -0.2) is 19.6 Å². The van der Waals surface area contributed by atoms with Crippen molar-refractivity contribution in [2.75, 3.05) is 24.5 Å². The van der Waals surface area contributed by atoms with Gasteiger partial charge in [0, 0.05) is 19.1 Å². The summed E-state index contributed by atoms with van der Waals surface area (Å²) in [5, 5.41) is 4.39. The predicted octanol–water partition coefficient (Wildman–Crippen LogP) is 4.64. The second-order valence-corrected chi connectivity index (χ2v) is 6.28. The number of hydrogen-bond donors (Lipinski definition) is 1. The molecule has 2 nitrogen and oxygen atoms in total. The Labute approximate surface area is 128 Å². The molecule has 0 bridgehead atoms. The monoisotopic (exact) mass is 294 g/mol. The fourth-order valence-corrected chi connectivity index (χ4v) is 2.85. The average molecular weight is 295 g/mol. The highest BCUT2D eigenvalue weighted by molar-refractivity contribution is 6.33. The van der Waals surface area contributed by atoms with E-state index in [2.05, 4.69) is 49.2 Å². The first-order valence-electron chi connectivity index (χ1n) is 7.93. The lowest BCUT2D eigenvalue weighted by atomic mass is 10.1. The zero-order valence-corrected chi connectivity index (χ0v) is 13.7. The van der Waals surface area contributed by atoms with Crippen LogP contribution in [0.5, 0.6) is 0 Å². The van der Waals surface area contributed by atoms with E-state index in [1.807, 2.05) is 0 Å². The van der Waals surface area contributed by atoms with Gasteiger partial charge in [0.25, 0.3) is 0 Å². The summed E-state index contributed by atoms with van der Waals surface area (Å²) in [5.74, 6) is 0.885. The lowest BCUT2D eigenvalue weighted by Gasteiger charge is -2.25. The molecule has 0 spiro atoms. The van der Waals surface area contributed by atoms with Gasteiger partial charge in [-0.25, -0.2) is 0 Å². The second-order valence-electron chi connectivity index (χ2n) is 5.87. The fraction of sp³-hybridized carbons (Fsp3) is 0.647. The molecule has 3 heteroatoms. The number of hydrogen-bond acceptors (Lipinski definition) is 2. The van der Waals surface area contributed by atoms with Gasteiger partial charge in [-0.3, -0.25) is 0 Å². The fourth-order valence-electron chi connectivity index (χ4n) is 2.54. The second kappa shape index (κ2) is 7.33. The van der Waals surface area contributed by atoms with E-state index in [0.717, 1.165) is 37.0 Å². The number of nitrogens with one attached hydrogen (secondary N) is 1. The van der Waals surface area contributed by atoms with Crippen LogP contribution in [0.3, 0.4) is 0 Å². The highest BCUT2D eigenvalue weighted by atomic mass is 35.5. The van der Waals surface area contributed by atoms with Gasteiger partial charge >= 0.3 is 0 Å². The number of rotatable bonds is 8. The Morgan fingerprint density at radius 3 is 2.65 bits per heavy atom. The van der Waals surface area contributed by atoms with Gasteiger partial charge in [-0.05, 0) is 63.3 Å². The van der Waals surface area contributed by atoms with E-state index >= 15 is 0 Å². The van der Waals surface area contributed by atoms with Gasteiger partial charge in [0.05, 0.1) is 10.7 Å². The predicted molar refractivity (Wildman–Crippen MR) is 88.8 cm³/mol. The van der Waals surface area contributed by atoms with Gasteiger partial charge < -0.3 is 10.2 Å². The Morgan fingerprint density at radius 2 is 2.10 bits per heavy atom. The molecule has 1 aromatic rings. The lowest BCUT2D eigenvalue weighted by Crippen LogP contribution is -2.25. The minimum Gasteiger partial charge on any atom is -0.370 e. The minimum atomic E-state index is 0.361. The van der Waals surface area contributed by atoms with Crippen molar-refractivity contribution in [3.8, 4) is 0 Å². The molecule has 1 N–H and O–H groups in total. The maximum Gasteiger partial charge on any atom is 0.0642 e. The van der Waals surface area contributed by atoms with Crippen LogP contribution in [0.1, 0.15) is 51.6 Å². The van der Waals surface area contributed by atoms with Crippen molar-refractivity contribution >= 4 is 17.3 Å². The van der Waals surface area contributed by atoms with Crippen LogP contribution in [0, 0.1) is 5.92 Å². The number of anilines is 1. The van der Waals surface area contributed by atoms with Crippen LogP contribution < -0.4 is 10.2 Å². The quantitative estimate of drug-likeness (QED) is 0.751. The summed E-state index contributed by atoms with van der Waals surface area (Å²) in [7, 11) is 0. The van der Waals surface area contributed by atoms with Crippen molar-refractivity contribution in [1.29, 1.82) is 0 Å². The van der Waals surface area contributed by atoms with E-state index in [1.54, 1.807) is 0 Å². The molecule has 1 aromatic carbocycles. The van der Waals surface area contributed by atoms with E-state index in [1.165, 1.54) is 24.1 Å². The van der Waals surface area contributed by atoms with Gasteiger partial charge in [0.2, 0.25) is 0 Å². The molecule has 0 radical (unpaired) electrons. The maximum absolute atomic E-state index is 6.52. The van der Waals surface area contributed by atoms with E-state index in [-0.39, 0.29) is 0 Å². The summed E-state index contributed by atoms with van der Waals surface area (Å²) in [5.41, 5.74) is 2.46. The standard InChI is InChI=1S/C17H27ClN2/c1-4-10-19-13(3)15-8-9-17(16(18)11-15)20(5-2)12-14-6-7-14/h8-9,11,13-14,19H,4-7,10,12H2,1-3H3. The molecule has 0 saturated heterocycles. The van der Waals surface area contributed by atoms with Crippen LogP contribution >= 0.6 is 11.6 Å². The first-order valence-corrected chi connectivity index (χ1v) is 8.31. The van der Waals surface area contributed by atoms with Crippen LogP contribution in [0.2, 0.25) is 5.02 Å². The topological polar surface area (TPSA) is 15.3 Å². The molecule has 20 heavy (non-hydrogen) atoms. The molecule has 0 amide bonds. The molecule has 0 aliphatic heterocycles. The molecule has 1 unspecified atom stereocenters. The van der Waals surface area contributed by atoms with Gasteiger partial charge in [-0.15, -0.1) is 0 Å². The van der Waals surface area contributed by atoms with Gasteiger partial charge in [0.15, 0.2) is 0 Å². The lowest BCUT2D eigenvalue weighted by molar-refractivity contribution is 0.570. The molecular weight excluding hydrogens is 268 g/mol. The Bertz CT molecular complexity index is 429. The third-order valence-electron chi connectivity index (χ3n) is 4.07. The molecule has 1 aliphatic carbocycles. The first-order chi connectivity index (χ1) is 9.65. The maximum atomic E-state index is 6.52. The van der Waals surface area contributed by atoms with E-state index in [0.29, 0.717) is 6.04 Å². The molecule has 0 aromatic heterocycles. The molecular formula is C17H27ClN2. The van der Waals surface area contributed by atoms with Gasteiger partial charge in [0.1, 0.15) is 0 Å². The summed E-state index contributed by atoms with van der Waals surface area (Å²) < 4.78 is 0. The Hall–Kier alpha value is -0.730. The number of nitrogens with zero attached hydrogens (tertiary/aromatic N) is 1. The van der Waals surface area contributed by atoms with Gasteiger partial charge in [-0.1, -0.05) is 24.6 Å². The first kappa shape index (κ1) is 15.7. The zero-order valence-electron chi connectivity index (χ0n) is 13.0. The average Bonchev–Trinajstić information content (AvgIpc) is 3.26. The molecule has 2 rings (SSSR count).